The highest BCUT2D eigenvalue weighted by Crippen LogP contribution is 2.34. The van der Waals surface area contributed by atoms with Gasteiger partial charge in [0.15, 0.2) is 0 Å². The van der Waals surface area contributed by atoms with Crippen LogP contribution in [0.15, 0.2) is 18.2 Å². The topological polar surface area (TPSA) is 108 Å². The normalized spacial score (nSPS) is 14.7. The lowest BCUT2D eigenvalue weighted by atomic mass is 10.1. The van der Waals surface area contributed by atoms with Crippen LogP contribution in [-0.2, 0) is 15.7 Å². The molecule has 1 aliphatic rings. The van der Waals surface area contributed by atoms with Gasteiger partial charge in [-0.15, -0.1) is 0 Å². The molecule has 1 fully saturated rings. The van der Waals surface area contributed by atoms with Crippen molar-refractivity contribution < 1.29 is 27.5 Å². The molecule has 0 bridgehead atoms. The minimum absolute atomic E-state index is 0.305. The van der Waals surface area contributed by atoms with E-state index in [2.05, 4.69) is 5.32 Å². The highest BCUT2D eigenvalue weighted by Gasteiger charge is 2.32. The van der Waals surface area contributed by atoms with Crippen LogP contribution in [-0.4, -0.2) is 36.7 Å². The van der Waals surface area contributed by atoms with Gasteiger partial charge in [-0.1, -0.05) is 6.92 Å². The van der Waals surface area contributed by atoms with E-state index >= 15 is 0 Å². The number of halogens is 3. The van der Waals surface area contributed by atoms with Crippen molar-refractivity contribution in [3.8, 4) is 6.07 Å². The number of benzene rings is 1. The fraction of sp³-hybridized carbons (Fsp3) is 0.571. The van der Waals surface area contributed by atoms with E-state index in [1.165, 1.54) is 6.07 Å². The largest absolute Gasteiger partial charge is 0.444 e. The van der Waals surface area contributed by atoms with Gasteiger partial charge in [0.1, 0.15) is 17.7 Å². The molecule has 2 amide bonds. The average molecular weight is 442 g/mol. The van der Waals surface area contributed by atoms with Gasteiger partial charge in [0, 0.05) is 13.1 Å². The van der Waals surface area contributed by atoms with E-state index in [-0.39, 0.29) is 0 Å². The van der Waals surface area contributed by atoms with Crippen molar-refractivity contribution in [2.45, 2.75) is 64.8 Å². The zero-order valence-corrected chi connectivity index (χ0v) is 18.2. The molecule has 31 heavy (non-hydrogen) atoms. The summed E-state index contributed by atoms with van der Waals surface area (Å²) in [6.45, 7) is 8.44. The summed E-state index contributed by atoms with van der Waals surface area (Å²) in [6.07, 6.45) is -2.61. The predicted molar refractivity (Wildman–Crippen MR) is 110 cm³/mol. The Kier molecular flexibility index (Phi) is 9.16. The molecule has 1 saturated heterocycles. The summed E-state index contributed by atoms with van der Waals surface area (Å²) in [5, 5.41) is 11.3. The maximum Gasteiger partial charge on any atom is 0.416 e. The number of nitrogens with two attached hydrogens (primary N) is 1. The number of alkyl halides is 3. The Balaban J connectivity index is 0.000000318. The molecule has 0 unspecified atom stereocenters. The first-order chi connectivity index (χ1) is 14.3. The van der Waals surface area contributed by atoms with Crippen LogP contribution in [0.2, 0.25) is 0 Å². The Morgan fingerprint density at radius 3 is 2.26 bits per heavy atom. The third-order valence-electron chi connectivity index (χ3n) is 4.33. The van der Waals surface area contributed by atoms with E-state index in [4.69, 9.17) is 15.7 Å². The fourth-order valence-electron chi connectivity index (χ4n) is 2.85. The Hall–Kier alpha value is -2.96. The quantitative estimate of drug-likeness (QED) is 0.734. The summed E-state index contributed by atoms with van der Waals surface area (Å²) in [4.78, 5) is 23.8. The molecule has 2 rings (SSSR count). The van der Waals surface area contributed by atoms with Gasteiger partial charge in [0.2, 0.25) is 5.91 Å². The summed E-state index contributed by atoms with van der Waals surface area (Å²) in [6, 6.07) is 4.56. The average Bonchev–Trinajstić information content (AvgIpc) is 3.18. The number of amides is 2. The molecule has 0 aliphatic carbocycles. The first kappa shape index (κ1) is 26.1. The molecule has 10 heteroatoms. The van der Waals surface area contributed by atoms with Crippen LogP contribution in [0.1, 0.15) is 58.1 Å². The SMILES string of the molecule is CC[C@H](NC(=O)OC(C)(C)C)C(N)=O.N#Cc1ccc(C(F)(F)F)cc1N1CCCC1. The second kappa shape index (κ2) is 10.9. The van der Waals surface area contributed by atoms with Crippen LogP contribution in [0.25, 0.3) is 0 Å². The van der Waals surface area contributed by atoms with E-state index in [9.17, 15) is 22.8 Å². The zero-order chi connectivity index (χ0) is 23.8. The van der Waals surface area contributed by atoms with Crippen molar-refractivity contribution in [2.75, 3.05) is 18.0 Å². The second-order valence-corrected chi connectivity index (χ2v) is 8.05. The van der Waals surface area contributed by atoms with Crippen molar-refractivity contribution in [3.63, 3.8) is 0 Å². The van der Waals surface area contributed by atoms with Gasteiger partial charge in [-0.05, 0) is 58.2 Å². The van der Waals surface area contributed by atoms with Crippen molar-refractivity contribution in [1.29, 1.82) is 5.26 Å². The van der Waals surface area contributed by atoms with Crippen LogP contribution in [0, 0.1) is 11.3 Å². The van der Waals surface area contributed by atoms with Crippen molar-refractivity contribution in [1.82, 2.24) is 5.32 Å². The summed E-state index contributed by atoms with van der Waals surface area (Å²) < 4.78 is 42.7. The maximum atomic E-state index is 12.6. The third kappa shape index (κ3) is 8.74. The summed E-state index contributed by atoms with van der Waals surface area (Å²) >= 11 is 0. The van der Waals surface area contributed by atoms with Crippen LogP contribution < -0.4 is 16.0 Å². The molecular formula is C21H29F3N4O3. The fourth-order valence-corrected chi connectivity index (χ4v) is 2.85. The lowest BCUT2D eigenvalue weighted by molar-refractivity contribution is -0.137. The maximum absolute atomic E-state index is 12.6. The van der Waals surface area contributed by atoms with E-state index in [1.807, 2.05) is 11.0 Å². The van der Waals surface area contributed by atoms with E-state index < -0.39 is 35.4 Å². The number of alkyl carbamates (subject to hydrolysis) is 1. The Morgan fingerprint density at radius 1 is 1.26 bits per heavy atom. The number of primary amides is 1. The number of nitrogens with zero attached hydrogens (tertiary/aromatic N) is 2. The van der Waals surface area contributed by atoms with Crippen LogP contribution in [0.4, 0.5) is 23.7 Å². The predicted octanol–water partition coefficient (Wildman–Crippen LogP) is 3.95. The standard InChI is InChI=1S/C12H11F3N2.C9H18N2O3/c13-12(14,15)10-4-3-9(8-16)11(7-10)17-5-1-2-6-17;1-5-6(7(10)12)11-8(13)14-9(2,3)4/h3-4,7H,1-2,5-6H2;6H,5H2,1-4H3,(H2,10,12)(H,11,13)/t;6-/m.0/s1. The number of nitriles is 1. The highest BCUT2D eigenvalue weighted by atomic mass is 19.4. The van der Waals surface area contributed by atoms with Gasteiger partial charge in [-0.2, -0.15) is 18.4 Å². The van der Waals surface area contributed by atoms with Gasteiger partial charge in [-0.25, -0.2) is 4.79 Å². The molecule has 0 aromatic heterocycles. The molecule has 0 saturated carbocycles. The number of rotatable bonds is 4. The number of nitrogens with one attached hydrogen (secondary N) is 1. The Morgan fingerprint density at radius 2 is 1.84 bits per heavy atom. The molecule has 0 spiro atoms. The molecule has 0 radical (unpaired) electrons. The van der Waals surface area contributed by atoms with Crippen molar-refractivity contribution in [3.05, 3.63) is 29.3 Å². The molecule has 172 valence electrons. The van der Waals surface area contributed by atoms with Gasteiger partial charge in [-0.3, -0.25) is 4.79 Å². The van der Waals surface area contributed by atoms with Gasteiger partial charge >= 0.3 is 12.3 Å². The number of hydrogen-bond donors (Lipinski definition) is 2. The monoisotopic (exact) mass is 442 g/mol. The summed E-state index contributed by atoms with van der Waals surface area (Å²) in [5.74, 6) is -0.557. The number of carbonyl (C=O) groups is 2. The Labute approximate surface area is 180 Å². The van der Waals surface area contributed by atoms with E-state index in [1.54, 1.807) is 27.7 Å². The van der Waals surface area contributed by atoms with Gasteiger partial charge in [0.05, 0.1) is 16.8 Å². The zero-order valence-electron chi connectivity index (χ0n) is 18.2. The molecular weight excluding hydrogens is 413 g/mol. The van der Waals surface area contributed by atoms with Crippen LogP contribution in [0.3, 0.4) is 0 Å². The molecule has 1 atom stereocenters. The minimum Gasteiger partial charge on any atom is -0.444 e. The minimum atomic E-state index is -4.36. The number of ether oxygens (including phenoxy) is 1. The highest BCUT2D eigenvalue weighted by molar-refractivity contribution is 5.84. The lowest BCUT2D eigenvalue weighted by Crippen LogP contribution is -2.45. The Bertz CT molecular complexity index is 808. The van der Waals surface area contributed by atoms with Crippen molar-refractivity contribution in [2.24, 2.45) is 5.73 Å². The molecule has 1 aromatic carbocycles. The van der Waals surface area contributed by atoms with Crippen molar-refractivity contribution >= 4 is 17.7 Å². The number of anilines is 1. The first-order valence-electron chi connectivity index (χ1n) is 9.93. The lowest BCUT2D eigenvalue weighted by Gasteiger charge is -2.21. The first-order valence-corrected chi connectivity index (χ1v) is 9.93. The van der Waals surface area contributed by atoms with Crippen LogP contribution >= 0.6 is 0 Å². The third-order valence-corrected chi connectivity index (χ3v) is 4.33. The molecule has 7 nitrogen and oxygen atoms in total. The molecule has 1 aromatic rings. The molecule has 1 heterocycles. The summed E-state index contributed by atoms with van der Waals surface area (Å²) in [7, 11) is 0. The number of hydrogen-bond acceptors (Lipinski definition) is 5. The van der Waals surface area contributed by atoms with Gasteiger partial charge < -0.3 is 20.7 Å². The molecule has 1 aliphatic heterocycles. The van der Waals surface area contributed by atoms with E-state index in [0.29, 0.717) is 17.7 Å². The van der Waals surface area contributed by atoms with Crippen LogP contribution in [0.5, 0.6) is 0 Å². The smallest absolute Gasteiger partial charge is 0.416 e. The van der Waals surface area contributed by atoms with E-state index in [0.717, 1.165) is 38.1 Å². The number of carbonyl (C=O) groups excluding carboxylic acids is 2. The summed E-state index contributed by atoms with van der Waals surface area (Å²) in [5.41, 5.74) is 4.49. The van der Waals surface area contributed by atoms with Gasteiger partial charge in [0.25, 0.3) is 0 Å². The molecule has 3 N–H and O–H groups in total. The second-order valence-electron chi connectivity index (χ2n) is 8.05.